The Labute approximate surface area is 117 Å². The predicted octanol–water partition coefficient (Wildman–Crippen LogP) is 1.90. The Bertz CT molecular complexity index is 495. The zero-order valence-electron chi connectivity index (χ0n) is 11.2. The molecule has 2 rings (SSSR count). The second-order valence-corrected chi connectivity index (χ2v) is 4.52. The zero-order valence-corrected chi connectivity index (χ0v) is 11.2. The topological polar surface area (TPSA) is 61.0 Å². The smallest absolute Gasteiger partial charge is 0.129 e. The van der Waals surface area contributed by atoms with Crippen LogP contribution in [-0.4, -0.2) is 28.8 Å². The molecular weight excluding hydrogens is 257 g/mol. The summed E-state index contributed by atoms with van der Waals surface area (Å²) in [7, 11) is 0. The summed E-state index contributed by atoms with van der Waals surface area (Å²) in [4.78, 5) is 8.17. The van der Waals surface area contributed by atoms with E-state index in [2.05, 4.69) is 9.97 Å². The van der Waals surface area contributed by atoms with Gasteiger partial charge in [-0.25, -0.2) is 14.4 Å². The van der Waals surface area contributed by atoms with Gasteiger partial charge in [0.05, 0.1) is 6.61 Å². The summed E-state index contributed by atoms with van der Waals surface area (Å²) in [5.74, 6) is 0.599. The molecule has 2 N–H and O–H groups in total. The van der Waals surface area contributed by atoms with E-state index in [9.17, 15) is 4.39 Å². The van der Waals surface area contributed by atoms with Crippen molar-refractivity contribution in [1.82, 2.24) is 9.97 Å². The molecule has 0 aliphatic heterocycles. The van der Waals surface area contributed by atoms with Crippen molar-refractivity contribution in [2.75, 3.05) is 6.67 Å². The third-order valence-corrected chi connectivity index (χ3v) is 2.97. The highest BCUT2D eigenvalue weighted by molar-refractivity contribution is 5.13. The highest BCUT2D eigenvalue weighted by Crippen LogP contribution is 2.08. The first-order valence-electron chi connectivity index (χ1n) is 6.52. The summed E-state index contributed by atoms with van der Waals surface area (Å²) >= 11 is 0. The Kier molecular flexibility index (Phi) is 5.58. The van der Waals surface area contributed by atoms with Crippen molar-refractivity contribution < 1.29 is 9.13 Å². The van der Waals surface area contributed by atoms with Crippen molar-refractivity contribution >= 4 is 0 Å². The molecule has 0 aliphatic carbocycles. The molecule has 0 saturated carbocycles. The quantitative estimate of drug-likeness (QED) is 0.838. The van der Waals surface area contributed by atoms with Gasteiger partial charge < -0.3 is 10.5 Å². The van der Waals surface area contributed by atoms with Gasteiger partial charge in [0, 0.05) is 24.9 Å². The molecule has 4 nitrogen and oxygen atoms in total. The van der Waals surface area contributed by atoms with Gasteiger partial charge in [0.2, 0.25) is 0 Å². The molecular formula is C15H18FN3O. The average molecular weight is 275 g/mol. The van der Waals surface area contributed by atoms with Crippen molar-refractivity contribution in [3.8, 4) is 0 Å². The molecule has 2 atom stereocenters. The van der Waals surface area contributed by atoms with E-state index < -0.39 is 18.8 Å². The standard InChI is InChI=1S/C15H18FN3O/c16-10-14(20-11-12-5-2-1-3-6-12)13(17)9-15-18-7-4-8-19-15/h1-8,13-14H,9-11,17H2/t13-,14+/m1/s1. The van der Waals surface area contributed by atoms with Crippen molar-refractivity contribution in [2.45, 2.75) is 25.2 Å². The molecule has 0 radical (unpaired) electrons. The zero-order chi connectivity index (χ0) is 14.2. The van der Waals surface area contributed by atoms with Crippen LogP contribution in [0.3, 0.4) is 0 Å². The maximum absolute atomic E-state index is 13.1. The average Bonchev–Trinajstić information content (AvgIpc) is 2.50. The highest BCUT2D eigenvalue weighted by Gasteiger charge is 2.20. The fourth-order valence-corrected chi connectivity index (χ4v) is 1.84. The summed E-state index contributed by atoms with van der Waals surface area (Å²) in [5.41, 5.74) is 6.97. The summed E-state index contributed by atoms with van der Waals surface area (Å²) in [6.45, 7) is -0.278. The number of hydrogen-bond acceptors (Lipinski definition) is 4. The molecule has 0 spiro atoms. The van der Waals surface area contributed by atoms with Crippen LogP contribution in [0.2, 0.25) is 0 Å². The van der Waals surface area contributed by atoms with Crippen molar-refractivity contribution in [2.24, 2.45) is 5.73 Å². The van der Waals surface area contributed by atoms with E-state index in [4.69, 9.17) is 10.5 Å². The molecule has 0 fully saturated rings. The van der Waals surface area contributed by atoms with E-state index in [-0.39, 0.29) is 0 Å². The number of hydrogen-bond donors (Lipinski definition) is 1. The molecule has 0 aliphatic rings. The Morgan fingerprint density at radius 2 is 1.80 bits per heavy atom. The third kappa shape index (κ3) is 4.36. The number of halogens is 1. The molecule has 1 aromatic carbocycles. The first-order chi connectivity index (χ1) is 9.79. The van der Waals surface area contributed by atoms with Crippen LogP contribution >= 0.6 is 0 Å². The van der Waals surface area contributed by atoms with Gasteiger partial charge in [0.25, 0.3) is 0 Å². The second-order valence-electron chi connectivity index (χ2n) is 4.52. The van der Waals surface area contributed by atoms with Gasteiger partial charge in [0.15, 0.2) is 0 Å². The van der Waals surface area contributed by atoms with Gasteiger partial charge in [-0.05, 0) is 11.6 Å². The number of rotatable bonds is 7. The van der Waals surface area contributed by atoms with E-state index in [0.717, 1.165) is 5.56 Å². The van der Waals surface area contributed by atoms with Crippen molar-refractivity contribution in [3.05, 3.63) is 60.2 Å². The molecule has 0 amide bonds. The monoisotopic (exact) mass is 275 g/mol. The van der Waals surface area contributed by atoms with E-state index >= 15 is 0 Å². The lowest BCUT2D eigenvalue weighted by Crippen LogP contribution is -2.40. The third-order valence-electron chi connectivity index (χ3n) is 2.97. The van der Waals surface area contributed by atoms with Crippen LogP contribution in [0.15, 0.2) is 48.8 Å². The lowest BCUT2D eigenvalue weighted by atomic mass is 10.1. The summed E-state index contributed by atoms with van der Waals surface area (Å²) in [6.07, 6.45) is 3.03. The van der Waals surface area contributed by atoms with Gasteiger partial charge in [-0.2, -0.15) is 0 Å². The summed E-state index contributed by atoms with van der Waals surface area (Å²) in [5, 5.41) is 0. The number of benzene rings is 1. The van der Waals surface area contributed by atoms with Crippen LogP contribution < -0.4 is 5.73 Å². The Balaban J connectivity index is 1.87. The highest BCUT2D eigenvalue weighted by atomic mass is 19.1. The summed E-state index contributed by atoms with van der Waals surface area (Å²) < 4.78 is 18.6. The number of aromatic nitrogens is 2. The van der Waals surface area contributed by atoms with Crippen LogP contribution in [0.4, 0.5) is 4.39 Å². The second kappa shape index (κ2) is 7.67. The molecule has 0 bridgehead atoms. The van der Waals surface area contributed by atoms with E-state index in [1.165, 1.54) is 0 Å². The minimum atomic E-state index is -0.654. The van der Waals surface area contributed by atoms with E-state index in [0.29, 0.717) is 18.9 Å². The largest absolute Gasteiger partial charge is 0.369 e. The lowest BCUT2D eigenvalue weighted by Gasteiger charge is -2.21. The first-order valence-corrected chi connectivity index (χ1v) is 6.52. The van der Waals surface area contributed by atoms with Crippen LogP contribution in [0, 0.1) is 0 Å². The summed E-state index contributed by atoms with van der Waals surface area (Å²) in [6, 6.07) is 10.9. The first kappa shape index (κ1) is 14.6. The van der Waals surface area contributed by atoms with Crippen LogP contribution in [0.25, 0.3) is 0 Å². The van der Waals surface area contributed by atoms with Gasteiger partial charge in [-0.1, -0.05) is 30.3 Å². The minimum absolute atomic E-state index is 0.346. The molecule has 0 unspecified atom stereocenters. The number of alkyl halides is 1. The molecule has 106 valence electrons. The predicted molar refractivity (Wildman–Crippen MR) is 74.7 cm³/mol. The van der Waals surface area contributed by atoms with Gasteiger partial charge in [0.1, 0.15) is 18.6 Å². The minimum Gasteiger partial charge on any atom is -0.369 e. The van der Waals surface area contributed by atoms with Crippen molar-refractivity contribution in [1.29, 1.82) is 0 Å². The van der Waals surface area contributed by atoms with E-state index in [1.807, 2.05) is 30.3 Å². The normalized spacial score (nSPS) is 13.9. The fraction of sp³-hybridized carbons (Fsp3) is 0.333. The van der Waals surface area contributed by atoms with Crippen LogP contribution in [0.1, 0.15) is 11.4 Å². The fourth-order valence-electron chi connectivity index (χ4n) is 1.84. The maximum Gasteiger partial charge on any atom is 0.129 e. The van der Waals surface area contributed by atoms with Crippen molar-refractivity contribution in [3.63, 3.8) is 0 Å². The number of ether oxygens (including phenoxy) is 1. The Morgan fingerprint density at radius 3 is 2.45 bits per heavy atom. The van der Waals surface area contributed by atoms with Crippen LogP contribution in [0.5, 0.6) is 0 Å². The molecule has 20 heavy (non-hydrogen) atoms. The van der Waals surface area contributed by atoms with Crippen LogP contribution in [-0.2, 0) is 17.8 Å². The molecule has 2 aromatic rings. The molecule has 0 saturated heterocycles. The molecule has 1 aromatic heterocycles. The van der Waals surface area contributed by atoms with E-state index in [1.54, 1.807) is 18.5 Å². The number of nitrogens with zero attached hydrogens (tertiary/aromatic N) is 2. The number of nitrogens with two attached hydrogens (primary N) is 1. The Morgan fingerprint density at radius 1 is 1.10 bits per heavy atom. The van der Waals surface area contributed by atoms with Gasteiger partial charge in [-0.15, -0.1) is 0 Å². The molecule has 5 heteroatoms. The van der Waals surface area contributed by atoms with Gasteiger partial charge >= 0.3 is 0 Å². The van der Waals surface area contributed by atoms with Gasteiger partial charge in [-0.3, -0.25) is 0 Å². The maximum atomic E-state index is 13.1. The SMILES string of the molecule is N[C@H](Cc1ncccn1)[C@H](CF)OCc1ccccc1. The Hall–Kier alpha value is -1.85. The molecule has 1 heterocycles. The lowest BCUT2D eigenvalue weighted by molar-refractivity contribution is 0.00764.